The Hall–Kier alpha value is -2.31. The SMILES string of the molecule is Clc1cccc(CCNc2nc(Nc3ccc4c(c3)CCN4)ncc2Br)c1. The molecule has 0 saturated heterocycles. The summed E-state index contributed by atoms with van der Waals surface area (Å²) in [5.74, 6) is 1.33. The van der Waals surface area contributed by atoms with E-state index in [9.17, 15) is 0 Å². The maximum absolute atomic E-state index is 6.04. The molecule has 0 saturated carbocycles. The summed E-state index contributed by atoms with van der Waals surface area (Å²) in [7, 11) is 0. The number of nitrogens with one attached hydrogen (secondary N) is 3. The van der Waals surface area contributed by atoms with Crippen LogP contribution >= 0.6 is 27.5 Å². The minimum Gasteiger partial charge on any atom is -0.384 e. The number of hydrogen-bond donors (Lipinski definition) is 3. The molecule has 0 atom stereocenters. The zero-order chi connectivity index (χ0) is 18.6. The van der Waals surface area contributed by atoms with Gasteiger partial charge in [-0.25, -0.2) is 4.98 Å². The summed E-state index contributed by atoms with van der Waals surface area (Å²) in [6.45, 7) is 1.74. The molecule has 138 valence electrons. The van der Waals surface area contributed by atoms with Gasteiger partial charge in [0.05, 0.1) is 4.47 Å². The molecule has 3 aromatic rings. The number of hydrogen-bond acceptors (Lipinski definition) is 5. The maximum Gasteiger partial charge on any atom is 0.229 e. The van der Waals surface area contributed by atoms with Gasteiger partial charge >= 0.3 is 0 Å². The van der Waals surface area contributed by atoms with Gasteiger partial charge in [-0.05, 0) is 70.2 Å². The Balaban J connectivity index is 1.42. The Bertz CT molecular complexity index is 963. The van der Waals surface area contributed by atoms with Crippen molar-refractivity contribution in [2.24, 2.45) is 0 Å². The summed E-state index contributed by atoms with van der Waals surface area (Å²) >= 11 is 9.55. The van der Waals surface area contributed by atoms with E-state index in [0.717, 1.165) is 46.9 Å². The average Bonchev–Trinajstić information content (AvgIpc) is 3.12. The number of aromatic nitrogens is 2. The molecule has 0 bridgehead atoms. The number of rotatable bonds is 6. The van der Waals surface area contributed by atoms with Crippen molar-refractivity contribution in [1.29, 1.82) is 0 Å². The van der Waals surface area contributed by atoms with Crippen LogP contribution in [-0.2, 0) is 12.8 Å². The minimum atomic E-state index is 0.564. The first-order chi connectivity index (χ1) is 13.2. The number of fused-ring (bicyclic) bond motifs is 1. The third kappa shape index (κ3) is 4.51. The van der Waals surface area contributed by atoms with E-state index in [1.165, 1.54) is 16.8 Å². The minimum absolute atomic E-state index is 0.564. The van der Waals surface area contributed by atoms with Gasteiger partial charge in [0.1, 0.15) is 5.82 Å². The maximum atomic E-state index is 6.04. The Morgan fingerprint density at radius 1 is 1.19 bits per heavy atom. The molecule has 27 heavy (non-hydrogen) atoms. The summed E-state index contributed by atoms with van der Waals surface area (Å²) in [4.78, 5) is 8.95. The third-order valence-electron chi connectivity index (χ3n) is 4.41. The fourth-order valence-corrected chi connectivity index (χ4v) is 3.62. The van der Waals surface area contributed by atoms with E-state index >= 15 is 0 Å². The molecule has 2 aromatic carbocycles. The van der Waals surface area contributed by atoms with E-state index in [4.69, 9.17) is 11.6 Å². The van der Waals surface area contributed by atoms with Crippen LogP contribution < -0.4 is 16.0 Å². The second-order valence-corrected chi connectivity index (χ2v) is 7.66. The highest BCUT2D eigenvalue weighted by Gasteiger charge is 2.11. The lowest BCUT2D eigenvalue weighted by Crippen LogP contribution is -2.08. The predicted octanol–water partition coefficient (Wildman–Crippen LogP) is 5.26. The molecule has 0 aliphatic carbocycles. The summed E-state index contributed by atoms with van der Waals surface area (Å²) in [5, 5.41) is 10.8. The van der Waals surface area contributed by atoms with Crippen LogP contribution in [0.3, 0.4) is 0 Å². The van der Waals surface area contributed by atoms with Crippen LogP contribution in [-0.4, -0.2) is 23.1 Å². The lowest BCUT2D eigenvalue weighted by atomic mass is 10.1. The van der Waals surface area contributed by atoms with Crippen molar-refractivity contribution in [1.82, 2.24) is 9.97 Å². The first-order valence-electron chi connectivity index (χ1n) is 8.82. The number of nitrogens with zero attached hydrogens (tertiary/aromatic N) is 2. The summed E-state index contributed by atoms with van der Waals surface area (Å²) < 4.78 is 0.831. The zero-order valence-electron chi connectivity index (χ0n) is 14.6. The molecule has 1 aliphatic rings. The van der Waals surface area contributed by atoms with E-state index in [-0.39, 0.29) is 0 Å². The highest BCUT2D eigenvalue weighted by atomic mass is 79.9. The molecule has 5 nitrogen and oxygen atoms in total. The quantitative estimate of drug-likeness (QED) is 0.484. The lowest BCUT2D eigenvalue weighted by Gasteiger charge is -2.11. The van der Waals surface area contributed by atoms with E-state index in [0.29, 0.717) is 5.95 Å². The Labute approximate surface area is 171 Å². The van der Waals surface area contributed by atoms with Crippen molar-refractivity contribution in [2.45, 2.75) is 12.8 Å². The first kappa shape index (κ1) is 18.1. The highest BCUT2D eigenvalue weighted by Crippen LogP contribution is 2.27. The van der Waals surface area contributed by atoms with Crippen molar-refractivity contribution in [3.63, 3.8) is 0 Å². The number of benzene rings is 2. The van der Waals surface area contributed by atoms with Crippen molar-refractivity contribution < 1.29 is 0 Å². The zero-order valence-corrected chi connectivity index (χ0v) is 16.9. The van der Waals surface area contributed by atoms with Gasteiger partial charge in [-0.1, -0.05) is 23.7 Å². The molecule has 0 amide bonds. The largest absolute Gasteiger partial charge is 0.384 e. The molecule has 2 heterocycles. The van der Waals surface area contributed by atoms with E-state index < -0.39 is 0 Å². The van der Waals surface area contributed by atoms with Crippen molar-refractivity contribution in [2.75, 3.05) is 29.0 Å². The molecule has 1 aliphatic heterocycles. The van der Waals surface area contributed by atoms with Crippen LogP contribution in [0.4, 0.5) is 23.1 Å². The molecular weight excluding hydrogens is 426 g/mol. The first-order valence-corrected chi connectivity index (χ1v) is 9.99. The third-order valence-corrected chi connectivity index (χ3v) is 5.23. The van der Waals surface area contributed by atoms with Crippen LogP contribution in [0, 0.1) is 0 Å². The molecule has 0 fully saturated rings. The fourth-order valence-electron chi connectivity index (χ4n) is 3.08. The van der Waals surface area contributed by atoms with Crippen molar-refractivity contribution in [3.05, 3.63) is 69.3 Å². The van der Waals surface area contributed by atoms with Gasteiger partial charge in [-0.2, -0.15) is 4.98 Å². The van der Waals surface area contributed by atoms with Crippen LogP contribution in [0.25, 0.3) is 0 Å². The monoisotopic (exact) mass is 443 g/mol. The summed E-state index contributed by atoms with van der Waals surface area (Å²) in [6.07, 6.45) is 3.66. The van der Waals surface area contributed by atoms with E-state index in [2.05, 4.69) is 60.0 Å². The lowest BCUT2D eigenvalue weighted by molar-refractivity contribution is 0.997. The van der Waals surface area contributed by atoms with E-state index in [1.54, 1.807) is 6.20 Å². The van der Waals surface area contributed by atoms with Gasteiger partial charge in [-0.15, -0.1) is 0 Å². The number of halogens is 2. The van der Waals surface area contributed by atoms with Crippen LogP contribution in [0.2, 0.25) is 5.02 Å². The van der Waals surface area contributed by atoms with Gasteiger partial charge in [-0.3, -0.25) is 0 Å². The Morgan fingerprint density at radius 2 is 2.11 bits per heavy atom. The fraction of sp³-hybridized carbons (Fsp3) is 0.200. The average molecular weight is 445 g/mol. The van der Waals surface area contributed by atoms with Crippen LogP contribution in [0.1, 0.15) is 11.1 Å². The van der Waals surface area contributed by atoms with E-state index in [1.807, 2.05) is 24.3 Å². The summed E-state index contributed by atoms with van der Waals surface area (Å²) in [5.41, 5.74) is 4.70. The second-order valence-electron chi connectivity index (χ2n) is 6.37. The molecular formula is C20H19BrClN5. The van der Waals surface area contributed by atoms with Gasteiger partial charge in [0.15, 0.2) is 0 Å². The normalized spacial score (nSPS) is 12.4. The molecule has 0 spiro atoms. The molecule has 0 radical (unpaired) electrons. The van der Waals surface area contributed by atoms with Crippen molar-refractivity contribution in [3.8, 4) is 0 Å². The Morgan fingerprint density at radius 3 is 3.00 bits per heavy atom. The van der Waals surface area contributed by atoms with Crippen molar-refractivity contribution >= 4 is 50.7 Å². The van der Waals surface area contributed by atoms with Gasteiger partial charge < -0.3 is 16.0 Å². The summed E-state index contributed by atoms with van der Waals surface area (Å²) in [6, 6.07) is 14.2. The molecule has 0 unspecified atom stereocenters. The van der Waals surface area contributed by atoms with Crippen LogP contribution in [0.15, 0.2) is 53.1 Å². The second kappa shape index (κ2) is 8.15. The smallest absolute Gasteiger partial charge is 0.229 e. The standard InChI is InChI=1S/C20H19BrClN5/c21-17-12-25-20(26-16-4-5-18-14(11-16)7-9-23-18)27-19(17)24-8-6-13-2-1-3-15(22)10-13/h1-5,10-12,23H,6-9H2,(H2,24,25,26,27). The van der Waals surface area contributed by atoms with Gasteiger partial charge in [0.2, 0.25) is 5.95 Å². The number of anilines is 4. The molecule has 4 rings (SSSR count). The molecule has 7 heteroatoms. The molecule has 3 N–H and O–H groups in total. The predicted molar refractivity (Wildman–Crippen MR) is 115 cm³/mol. The highest BCUT2D eigenvalue weighted by molar-refractivity contribution is 9.10. The van der Waals surface area contributed by atoms with Gasteiger partial charge in [0.25, 0.3) is 0 Å². The van der Waals surface area contributed by atoms with Gasteiger partial charge in [0, 0.05) is 35.7 Å². The Kier molecular flexibility index (Phi) is 5.45. The van der Waals surface area contributed by atoms with Crippen LogP contribution in [0.5, 0.6) is 0 Å². The topological polar surface area (TPSA) is 61.9 Å². The molecule has 1 aromatic heterocycles.